The average molecular weight is 1150 g/mol. The molecule has 5 heteroatoms. The Labute approximate surface area is 523 Å². The van der Waals surface area contributed by atoms with Gasteiger partial charge in [-0.15, -0.1) is 0 Å². The summed E-state index contributed by atoms with van der Waals surface area (Å²) in [5.74, 6) is 0.856. The average Bonchev–Trinajstić information content (AvgIpc) is 1.47. The highest BCUT2D eigenvalue weighted by Gasteiger charge is 2.19. The Morgan fingerprint density at radius 1 is 0.236 bits per heavy atom. The number of aryl methyl sites for hydroxylation is 1. The van der Waals surface area contributed by atoms with Crippen molar-refractivity contribution in [1.82, 2.24) is 0 Å². The second-order valence-corrected chi connectivity index (χ2v) is 22.3. The van der Waals surface area contributed by atoms with E-state index in [1.165, 1.54) is 77.3 Å². The van der Waals surface area contributed by atoms with E-state index >= 15 is 0 Å². The summed E-state index contributed by atoms with van der Waals surface area (Å²) in [4.78, 5) is 9.12. The first kappa shape index (κ1) is 56.7. The highest BCUT2D eigenvalue weighted by molar-refractivity contribution is 6.00. The lowest BCUT2D eigenvalue weighted by Crippen LogP contribution is -2.10. The number of ether oxygens (including phenoxy) is 1. The summed E-state index contributed by atoms with van der Waals surface area (Å²) in [5.41, 5.74) is 22.2. The Bertz CT molecular complexity index is 4620. The van der Waals surface area contributed by atoms with Gasteiger partial charge in [0, 0.05) is 70.4 Å². The maximum Gasteiger partial charge on any atom is 0.119 e. The molecule has 89 heavy (non-hydrogen) atoms. The Balaban J connectivity index is 0.000000164. The summed E-state index contributed by atoms with van der Waals surface area (Å²) in [6.45, 7) is 2.13. The molecule has 0 spiro atoms. The van der Waals surface area contributed by atoms with Crippen molar-refractivity contribution in [2.75, 3.05) is 40.8 Å². The number of fused-ring (bicyclic) bond motifs is 2. The van der Waals surface area contributed by atoms with Crippen LogP contribution >= 0.6 is 0 Å². The van der Waals surface area contributed by atoms with Crippen LogP contribution in [0.25, 0.3) is 66.1 Å². The number of benzene rings is 14. The zero-order chi connectivity index (χ0) is 60.5. The Morgan fingerprint density at radius 2 is 0.517 bits per heavy atom. The van der Waals surface area contributed by atoms with E-state index in [0.717, 1.165) is 56.9 Å². The lowest BCUT2D eigenvalue weighted by atomic mass is 10.0. The van der Waals surface area contributed by atoms with Gasteiger partial charge in [-0.05, 0) is 189 Å². The Morgan fingerprint density at radius 3 is 0.865 bits per heavy atom. The minimum Gasteiger partial charge on any atom is -0.497 e. The second-order valence-electron chi connectivity index (χ2n) is 22.3. The fourth-order valence-corrected chi connectivity index (χ4v) is 11.8. The molecule has 0 saturated carbocycles. The van der Waals surface area contributed by atoms with E-state index in [9.17, 15) is 0 Å². The Kier molecular flexibility index (Phi) is 16.6. The molecule has 0 heterocycles. The van der Waals surface area contributed by atoms with Crippen LogP contribution in [0.3, 0.4) is 0 Å². The van der Waals surface area contributed by atoms with Gasteiger partial charge in [0.05, 0.1) is 18.5 Å². The van der Waals surface area contributed by atoms with E-state index in [1.807, 2.05) is 12.1 Å². The van der Waals surface area contributed by atoms with Crippen molar-refractivity contribution in [1.29, 1.82) is 0 Å². The molecule has 0 saturated heterocycles. The molecular formula is C84H68N4O. The lowest BCUT2D eigenvalue weighted by molar-refractivity contribution is 0.415. The van der Waals surface area contributed by atoms with Crippen molar-refractivity contribution in [3.8, 4) is 50.3 Å². The zero-order valence-corrected chi connectivity index (χ0v) is 50.5. The van der Waals surface area contributed by atoms with E-state index in [0.29, 0.717) is 0 Å². The van der Waals surface area contributed by atoms with E-state index in [4.69, 9.17) is 4.74 Å². The smallest absolute Gasteiger partial charge is 0.119 e. The van der Waals surface area contributed by atoms with Gasteiger partial charge in [0.15, 0.2) is 0 Å². The summed E-state index contributed by atoms with van der Waals surface area (Å²) in [6.07, 6.45) is 0. The van der Waals surface area contributed by atoms with Crippen molar-refractivity contribution in [3.05, 3.63) is 345 Å². The van der Waals surface area contributed by atoms with Crippen molar-refractivity contribution in [2.45, 2.75) is 6.92 Å². The summed E-state index contributed by atoms with van der Waals surface area (Å²) in [7, 11) is 5.89. The minimum atomic E-state index is 0.856. The Hall–Kier alpha value is -11.4. The molecule has 5 nitrogen and oxygen atoms in total. The molecule has 14 rings (SSSR count). The quantitative estimate of drug-likeness (QED) is 0.102. The van der Waals surface area contributed by atoms with Crippen LogP contribution in [0, 0.1) is 6.92 Å². The number of hydrogen-bond donors (Lipinski definition) is 0. The fourth-order valence-electron chi connectivity index (χ4n) is 11.8. The molecule has 0 N–H and O–H groups in total. The van der Waals surface area contributed by atoms with Gasteiger partial charge in [-0.25, -0.2) is 0 Å². The van der Waals surface area contributed by atoms with Gasteiger partial charge in [-0.1, -0.05) is 218 Å². The normalized spacial score (nSPS) is 10.9. The molecule has 14 aromatic rings. The van der Waals surface area contributed by atoms with Crippen LogP contribution in [0.4, 0.5) is 56.9 Å². The molecule has 0 aromatic heterocycles. The molecule has 14 aromatic carbocycles. The number of hydrogen-bond acceptors (Lipinski definition) is 5. The highest BCUT2D eigenvalue weighted by atomic mass is 16.5. The van der Waals surface area contributed by atoms with Crippen molar-refractivity contribution in [2.24, 2.45) is 0 Å². The van der Waals surface area contributed by atoms with Crippen LogP contribution < -0.4 is 24.3 Å². The number of rotatable bonds is 15. The third kappa shape index (κ3) is 12.5. The fraction of sp³-hybridized carbons (Fsp3) is 0.0476. The van der Waals surface area contributed by atoms with Crippen LogP contribution in [0.15, 0.2) is 340 Å². The molecule has 0 aliphatic carbocycles. The summed E-state index contributed by atoms with van der Waals surface area (Å²) >= 11 is 0. The number of anilines is 10. The van der Waals surface area contributed by atoms with Crippen LogP contribution in [0.2, 0.25) is 0 Å². The number of methoxy groups -OCH3 is 1. The maximum absolute atomic E-state index is 5.31. The summed E-state index contributed by atoms with van der Waals surface area (Å²) < 4.78 is 5.31. The predicted molar refractivity (Wildman–Crippen MR) is 379 cm³/mol. The zero-order valence-electron chi connectivity index (χ0n) is 50.5. The second kappa shape index (κ2) is 26.1. The van der Waals surface area contributed by atoms with Gasteiger partial charge >= 0.3 is 0 Å². The van der Waals surface area contributed by atoms with Gasteiger partial charge in [-0.2, -0.15) is 0 Å². The summed E-state index contributed by atoms with van der Waals surface area (Å²) in [6, 6.07) is 121. The summed E-state index contributed by atoms with van der Waals surface area (Å²) in [5, 5.41) is 4.88. The minimum absolute atomic E-state index is 0.856. The van der Waals surface area contributed by atoms with Crippen LogP contribution in [0.5, 0.6) is 5.75 Å². The van der Waals surface area contributed by atoms with Crippen LogP contribution in [-0.4, -0.2) is 21.2 Å². The van der Waals surface area contributed by atoms with Crippen LogP contribution in [-0.2, 0) is 0 Å². The van der Waals surface area contributed by atoms with E-state index in [-0.39, 0.29) is 0 Å². The SMILES string of the molecule is COc1ccc(N(C)c2ccc(-c3ccc(N(c4ccc(-c5ccccc5)cc4)c4cccc5ccccc45)cc3)cc2)cc1.Cc1cccc(N(C)c2ccc(-c3ccc(N(c4ccc(-c5ccccc5)cc4)c4cccc5ccccc45)cc3)cc2)c1. The molecule has 0 aliphatic heterocycles. The van der Waals surface area contributed by atoms with Gasteiger partial charge in [-0.3, -0.25) is 0 Å². The van der Waals surface area contributed by atoms with Gasteiger partial charge < -0.3 is 24.3 Å². The third-order valence-corrected chi connectivity index (χ3v) is 16.8. The molecule has 0 amide bonds. The van der Waals surface area contributed by atoms with Gasteiger partial charge in [0.1, 0.15) is 5.75 Å². The molecule has 0 atom stereocenters. The van der Waals surface area contributed by atoms with E-state index in [1.54, 1.807) is 7.11 Å². The molecule has 0 fully saturated rings. The topological polar surface area (TPSA) is 22.2 Å². The van der Waals surface area contributed by atoms with Crippen LogP contribution in [0.1, 0.15) is 5.56 Å². The molecule has 0 aliphatic rings. The third-order valence-electron chi connectivity index (χ3n) is 16.8. The van der Waals surface area contributed by atoms with Crippen molar-refractivity contribution < 1.29 is 4.74 Å². The maximum atomic E-state index is 5.31. The molecule has 0 radical (unpaired) electrons. The molecule has 430 valence electrons. The van der Waals surface area contributed by atoms with Gasteiger partial charge in [0.2, 0.25) is 0 Å². The van der Waals surface area contributed by atoms with Gasteiger partial charge in [0.25, 0.3) is 0 Å². The highest BCUT2D eigenvalue weighted by Crippen LogP contribution is 2.43. The molecule has 0 bridgehead atoms. The lowest BCUT2D eigenvalue weighted by Gasteiger charge is -2.27. The predicted octanol–water partition coefficient (Wildman–Crippen LogP) is 23.1. The van der Waals surface area contributed by atoms with Crippen molar-refractivity contribution >= 4 is 78.4 Å². The largest absolute Gasteiger partial charge is 0.497 e. The monoisotopic (exact) mass is 1150 g/mol. The van der Waals surface area contributed by atoms with E-state index < -0.39 is 0 Å². The first-order valence-corrected chi connectivity index (χ1v) is 30.3. The first-order chi connectivity index (χ1) is 43.8. The standard InChI is InChI=1S/C42H34N2O.C42H34N2/c1-43(37-27-29-40(45-2)30-28-37)36-21-15-33(16-22-36)34-19-25-39(26-20-34)44(42-14-8-12-35-11-6-7-13-41(35)42)38-23-17-32(18-24-38)31-9-4-3-5-10-31;1-31-10-8-15-40(30-31)43(2)37-24-18-34(19-25-37)35-22-28-39(29-23-35)44(42-17-9-14-36-13-6-7-16-41(36)42)38-26-20-33(21-27-38)32-11-4-3-5-12-32/h3-30H,1-2H3;3-30H,1-2H3. The first-order valence-electron chi connectivity index (χ1n) is 30.3. The molecule has 0 unspecified atom stereocenters. The van der Waals surface area contributed by atoms with Crippen molar-refractivity contribution in [3.63, 3.8) is 0 Å². The van der Waals surface area contributed by atoms with E-state index in [2.05, 4.69) is 368 Å². The molecular weight excluding hydrogens is 1080 g/mol. The number of nitrogens with zero attached hydrogens (tertiary/aromatic N) is 4.